The summed E-state index contributed by atoms with van der Waals surface area (Å²) in [4.78, 5) is 12.4. The zero-order valence-electron chi connectivity index (χ0n) is 17.2. The molecule has 1 aliphatic rings. The number of allylic oxidation sites excluding steroid dienone is 3. The second-order valence-corrected chi connectivity index (χ2v) is 8.48. The number of piperidine rings is 1. The summed E-state index contributed by atoms with van der Waals surface area (Å²) in [5, 5.41) is 6.49. The first-order chi connectivity index (χ1) is 14.5. The maximum absolute atomic E-state index is 12.1. The molecule has 0 aliphatic carbocycles. The molecule has 0 aromatic carbocycles. The fourth-order valence-corrected chi connectivity index (χ4v) is 3.91. The van der Waals surface area contributed by atoms with Gasteiger partial charge < -0.3 is 4.74 Å². The lowest BCUT2D eigenvalue weighted by Gasteiger charge is -2.30. The summed E-state index contributed by atoms with van der Waals surface area (Å²) >= 11 is 5.48. The Labute approximate surface area is 183 Å². The molecule has 2 rings (SSSR count). The van der Waals surface area contributed by atoms with Crippen LogP contribution in [0.25, 0.3) is 0 Å². The molecule has 1 aromatic rings. The van der Waals surface area contributed by atoms with Crippen LogP contribution in [-0.4, -0.2) is 54.8 Å². The second kappa shape index (κ2) is 14.6. The van der Waals surface area contributed by atoms with E-state index in [-0.39, 0.29) is 11.0 Å². The standard InChI is InChI=1S/C12H16ClN3O3S.C7H12N2O/c1-10(9-13)20(17,18)16-7-3-11(4-8-16)19-12-14-5-2-6-15-12;1-3-4-5-6-7-9-10-8-2/h2,5-6,9,11H,3-4,7-8H2,1H3;5-7H,2-4H2,1H3/b10-9-;6-5-,9-7+. The van der Waals surface area contributed by atoms with Crippen molar-refractivity contribution in [3.63, 3.8) is 0 Å². The van der Waals surface area contributed by atoms with Crippen LogP contribution in [0.4, 0.5) is 0 Å². The number of hydrogen-bond donors (Lipinski definition) is 0. The predicted octanol–water partition coefficient (Wildman–Crippen LogP) is 3.71. The first kappa shape index (κ1) is 25.7. The number of halogens is 1. The van der Waals surface area contributed by atoms with Crippen LogP contribution in [0, 0.1) is 0 Å². The SMILES string of the molecule is C/C(=C/Cl)S(=O)(=O)N1CCC(Oc2ncccn2)CC1.C=NO/N=C/C=C\CCC. The van der Waals surface area contributed by atoms with Gasteiger partial charge in [-0.25, -0.2) is 23.3 Å². The molecule has 1 aromatic heterocycles. The van der Waals surface area contributed by atoms with Crippen LogP contribution in [0.3, 0.4) is 0 Å². The largest absolute Gasteiger partial charge is 0.460 e. The molecule has 1 saturated heterocycles. The third-order valence-corrected chi connectivity index (χ3v) is 6.39. The topological polar surface area (TPSA) is 106 Å². The van der Waals surface area contributed by atoms with Gasteiger partial charge in [0.05, 0.1) is 11.1 Å². The lowest BCUT2D eigenvalue weighted by molar-refractivity contribution is 0.124. The third kappa shape index (κ3) is 9.47. The zero-order chi connectivity index (χ0) is 22.2. The van der Waals surface area contributed by atoms with E-state index in [2.05, 4.69) is 38.9 Å². The van der Waals surface area contributed by atoms with Gasteiger partial charge in [0.25, 0.3) is 0 Å². The molecule has 2 heterocycles. The lowest BCUT2D eigenvalue weighted by Crippen LogP contribution is -2.42. The summed E-state index contributed by atoms with van der Waals surface area (Å²) in [7, 11) is -3.43. The lowest BCUT2D eigenvalue weighted by atomic mass is 10.1. The van der Waals surface area contributed by atoms with Crippen LogP contribution < -0.4 is 4.74 Å². The molecule has 1 aliphatic heterocycles. The van der Waals surface area contributed by atoms with Gasteiger partial charge in [0, 0.05) is 37.7 Å². The highest BCUT2D eigenvalue weighted by Gasteiger charge is 2.30. The van der Waals surface area contributed by atoms with E-state index in [1.54, 1.807) is 18.5 Å². The van der Waals surface area contributed by atoms with Crippen LogP contribution >= 0.6 is 11.6 Å². The van der Waals surface area contributed by atoms with Gasteiger partial charge in [-0.05, 0) is 38.3 Å². The average Bonchev–Trinajstić information content (AvgIpc) is 2.77. The molecule has 0 bridgehead atoms. The highest BCUT2D eigenvalue weighted by atomic mass is 35.5. The van der Waals surface area contributed by atoms with Crippen molar-refractivity contribution >= 4 is 34.6 Å². The summed E-state index contributed by atoms with van der Waals surface area (Å²) in [6, 6.07) is 2.04. The van der Waals surface area contributed by atoms with Gasteiger partial charge in [-0.3, -0.25) is 0 Å². The minimum absolute atomic E-state index is 0.0656. The summed E-state index contributed by atoms with van der Waals surface area (Å²) in [6.07, 6.45) is 11.9. The average molecular weight is 458 g/mol. The van der Waals surface area contributed by atoms with Crippen molar-refractivity contribution in [2.24, 2.45) is 10.3 Å². The molecule has 0 N–H and O–H groups in total. The van der Waals surface area contributed by atoms with Crippen LogP contribution in [0.5, 0.6) is 6.01 Å². The van der Waals surface area contributed by atoms with Gasteiger partial charge in [0.2, 0.25) is 10.0 Å². The Morgan fingerprint density at radius 3 is 2.60 bits per heavy atom. The predicted molar refractivity (Wildman–Crippen MR) is 119 cm³/mol. The van der Waals surface area contributed by atoms with E-state index in [4.69, 9.17) is 16.3 Å². The summed E-state index contributed by atoms with van der Waals surface area (Å²) in [5.74, 6) is 0. The first-order valence-corrected chi connectivity index (χ1v) is 11.3. The molecule has 0 unspecified atom stereocenters. The fraction of sp³-hybridized carbons (Fsp3) is 0.474. The minimum atomic E-state index is -3.43. The Morgan fingerprint density at radius 1 is 1.37 bits per heavy atom. The van der Waals surface area contributed by atoms with Crippen molar-refractivity contribution in [1.82, 2.24) is 14.3 Å². The number of sulfonamides is 1. The molecule has 11 heteroatoms. The molecule has 0 spiro atoms. The Balaban J connectivity index is 0.000000382. The molecule has 0 radical (unpaired) electrons. The van der Waals surface area contributed by atoms with Gasteiger partial charge in [-0.15, -0.1) is 0 Å². The van der Waals surface area contributed by atoms with Gasteiger partial charge in [0.15, 0.2) is 0 Å². The number of hydrogen-bond acceptors (Lipinski definition) is 8. The van der Waals surface area contributed by atoms with Crippen LogP contribution in [0.2, 0.25) is 0 Å². The summed E-state index contributed by atoms with van der Waals surface area (Å²) in [5.41, 5.74) is 1.09. The van der Waals surface area contributed by atoms with Gasteiger partial charge in [-0.2, -0.15) is 4.31 Å². The van der Waals surface area contributed by atoms with Crippen molar-refractivity contribution in [1.29, 1.82) is 0 Å². The molecular weight excluding hydrogens is 430 g/mol. The Bertz CT molecular complexity index is 807. The van der Waals surface area contributed by atoms with Gasteiger partial charge in [-0.1, -0.05) is 41.3 Å². The van der Waals surface area contributed by atoms with Crippen molar-refractivity contribution < 1.29 is 18.1 Å². The highest BCUT2D eigenvalue weighted by Crippen LogP contribution is 2.21. The van der Waals surface area contributed by atoms with Crippen molar-refractivity contribution in [2.75, 3.05) is 13.1 Å². The molecule has 30 heavy (non-hydrogen) atoms. The number of rotatable bonds is 9. The highest BCUT2D eigenvalue weighted by molar-refractivity contribution is 7.93. The van der Waals surface area contributed by atoms with Gasteiger partial charge >= 0.3 is 6.01 Å². The monoisotopic (exact) mass is 457 g/mol. The molecule has 9 nitrogen and oxygen atoms in total. The number of ether oxygens (including phenoxy) is 1. The normalized spacial score (nSPS) is 16.3. The van der Waals surface area contributed by atoms with E-state index in [1.807, 2.05) is 12.2 Å². The van der Waals surface area contributed by atoms with E-state index in [9.17, 15) is 8.42 Å². The Kier molecular flexibility index (Phi) is 12.6. The molecule has 166 valence electrons. The van der Waals surface area contributed by atoms with E-state index in [1.165, 1.54) is 17.4 Å². The fourth-order valence-electron chi connectivity index (χ4n) is 2.37. The van der Waals surface area contributed by atoms with E-state index in [0.717, 1.165) is 18.4 Å². The molecule has 0 amide bonds. The molecule has 0 atom stereocenters. The van der Waals surface area contributed by atoms with E-state index < -0.39 is 10.0 Å². The smallest absolute Gasteiger partial charge is 0.316 e. The van der Waals surface area contributed by atoms with Crippen molar-refractivity contribution in [3.8, 4) is 6.01 Å². The summed E-state index contributed by atoms with van der Waals surface area (Å²) in [6.45, 7) is 7.50. The Hall–Kier alpha value is -2.30. The van der Waals surface area contributed by atoms with E-state index in [0.29, 0.717) is 31.9 Å². The first-order valence-electron chi connectivity index (χ1n) is 9.47. The zero-order valence-corrected chi connectivity index (χ0v) is 18.8. The molecule has 0 saturated carbocycles. The maximum Gasteiger partial charge on any atom is 0.316 e. The number of oxime groups is 2. The second-order valence-electron chi connectivity index (χ2n) is 6.15. The maximum atomic E-state index is 12.1. The van der Waals surface area contributed by atoms with Crippen LogP contribution in [0.15, 0.2) is 51.4 Å². The number of unbranched alkanes of at least 4 members (excludes halogenated alkanes) is 1. The molecular formula is C19H28ClN5O4S. The van der Waals surface area contributed by atoms with Crippen molar-refractivity contribution in [3.05, 3.63) is 41.1 Å². The van der Waals surface area contributed by atoms with Gasteiger partial charge in [0.1, 0.15) is 6.10 Å². The summed E-state index contributed by atoms with van der Waals surface area (Å²) < 4.78 is 31.2. The van der Waals surface area contributed by atoms with Crippen LogP contribution in [-0.2, 0) is 15.0 Å². The number of nitrogens with zero attached hydrogens (tertiary/aromatic N) is 5. The number of aromatic nitrogens is 2. The van der Waals surface area contributed by atoms with E-state index >= 15 is 0 Å². The van der Waals surface area contributed by atoms with Crippen molar-refractivity contribution in [2.45, 2.75) is 45.6 Å². The third-order valence-electron chi connectivity index (χ3n) is 3.96. The quantitative estimate of drug-likeness (QED) is 0.413. The van der Waals surface area contributed by atoms with Crippen LogP contribution in [0.1, 0.15) is 39.5 Å². The Morgan fingerprint density at radius 2 is 2.03 bits per heavy atom. The molecule has 1 fully saturated rings. The minimum Gasteiger partial charge on any atom is -0.460 e.